The number of hydrogen-bond acceptors (Lipinski definition) is 4. The fourth-order valence-corrected chi connectivity index (χ4v) is 5.36. The van der Waals surface area contributed by atoms with Crippen molar-refractivity contribution in [3.63, 3.8) is 0 Å². The number of benzene rings is 4. The number of sulfonamides is 1. The molecule has 0 unspecified atom stereocenters. The second-order valence-corrected chi connectivity index (χ2v) is 10.1. The van der Waals surface area contributed by atoms with Gasteiger partial charge in [-0.15, -0.1) is 0 Å². The number of carbonyl (C=O) groups is 1. The summed E-state index contributed by atoms with van der Waals surface area (Å²) in [7, 11) is -2.58. The summed E-state index contributed by atoms with van der Waals surface area (Å²) in [6.07, 6.45) is 0. The highest BCUT2D eigenvalue weighted by atomic mass is 32.2. The number of ether oxygens (including phenoxy) is 1. The van der Waals surface area contributed by atoms with Crippen molar-refractivity contribution in [3.8, 4) is 5.75 Å². The smallest absolute Gasteiger partial charge is 0.264 e. The standard InChI is InChI=1S/C29H28N2O4S/c1-35-28-20-12-11-19-27(28)31(36(33,34)26-17-9-4-10-18-26)23-29(32)30(21-24-13-5-2-6-14-24)22-25-15-7-3-8-16-25/h2-20H,21-23H2,1H3. The summed E-state index contributed by atoms with van der Waals surface area (Å²) >= 11 is 0. The number of anilines is 1. The molecule has 0 radical (unpaired) electrons. The molecule has 4 aromatic rings. The molecule has 0 fully saturated rings. The zero-order valence-corrected chi connectivity index (χ0v) is 20.8. The maximum Gasteiger partial charge on any atom is 0.264 e. The fraction of sp³-hybridized carbons (Fsp3) is 0.138. The zero-order valence-electron chi connectivity index (χ0n) is 20.0. The Hall–Kier alpha value is -4.10. The minimum atomic E-state index is -4.06. The Kier molecular flexibility index (Phi) is 8.02. The Morgan fingerprint density at radius 3 is 1.69 bits per heavy atom. The van der Waals surface area contributed by atoms with Crippen molar-refractivity contribution in [2.45, 2.75) is 18.0 Å². The molecule has 6 nitrogen and oxygen atoms in total. The van der Waals surface area contributed by atoms with E-state index in [0.29, 0.717) is 24.5 Å². The van der Waals surface area contributed by atoms with E-state index in [-0.39, 0.29) is 17.3 Å². The molecule has 0 bridgehead atoms. The molecule has 0 aromatic heterocycles. The monoisotopic (exact) mass is 500 g/mol. The van der Waals surface area contributed by atoms with Crippen molar-refractivity contribution in [1.82, 2.24) is 4.90 Å². The number of para-hydroxylation sites is 2. The second-order valence-electron chi connectivity index (χ2n) is 8.22. The molecule has 0 N–H and O–H groups in total. The molecule has 184 valence electrons. The van der Waals surface area contributed by atoms with Crippen molar-refractivity contribution in [2.24, 2.45) is 0 Å². The summed E-state index contributed by atoms with van der Waals surface area (Å²) < 4.78 is 34.1. The summed E-state index contributed by atoms with van der Waals surface area (Å²) in [5.74, 6) is 0.0376. The van der Waals surface area contributed by atoms with Gasteiger partial charge >= 0.3 is 0 Å². The van der Waals surface area contributed by atoms with Gasteiger partial charge in [-0.05, 0) is 35.4 Å². The van der Waals surface area contributed by atoms with E-state index in [1.165, 1.54) is 19.2 Å². The molecule has 0 saturated heterocycles. The van der Waals surface area contributed by atoms with Crippen LogP contribution in [0.15, 0.2) is 120 Å². The average molecular weight is 501 g/mol. The lowest BCUT2D eigenvalue weighted by Crippen LogP contribution is -2.42. The molecular formula is C29H28N2O4S. The van der Waals surface area contributed by atoms with Crippen LogP contribution in [0.1, 0.15) is 11.1 Å². The molecule has 36 heavy (non-hydrogen) atoms. The van der Waals surface area contributed by atoms with Gasteiger partial charge in [0.2, 0.25) is 5.91 Å². The van der Waals surface area contributed by atoms with Crippen LogP contribution in [0.4, 0.5) is 5.69 Å². The Labute approximate surface area is 212 Å². The maximum absolute atomic E-state index is 13.8. The van der Waals surface area contributed by atoms with E-state index in [2.05, 4.69) is 0 Å². The van der Waals surface area contributed by atoms with Gasteiger partial charge in [0.25, 0.3) is 10.0 Å². The minimum Gasteiger partial charge on any atom is -0.495 e. The SMILES string of the molecule is COc1ccccc1N(CC(=O)N(Cc1ccccc1)Cc1ccccc1)S(=O)(=O)c1ccccc1. The van der Waals surface area contributed by atoms with Crippen molar-refractivity contribution in [2.75, 3.05) is 18.0 Å². The van der Waals surface area contributed by atoms with Gasteiger partial charge < -0.3 is 9.64 Å². The van der Waals surface area contributed by atoms with Gasteiger partial charge in [0, 0.05) is 13.1 Å². The van der Waals surface area contributed by atoms with E-state index in [1.54, 1.807) is 47.4 Å². The third-order valence-corrected chi connectivity index (χ3v) is 7.52. The van der Waals surface area contributed by atoms with E-state index >= 15 is 0 Å². The molecule has 7 heteroatoms. The van der Waals surface area contributed by atoms with Crippen molar-refractivity contribution < 1.29 is 17.9 Å². The topological polar surface area (TPSA) is 66.9 Å². The van der Waals surface area contributed by atoms with Crippen molar-refractivity contribution in [3.05, 3.63) is 126 Å². The Bertz CT molecular complexity index is 1340. The first-order valence-corrected chi connectivity index (χ1v) is 13.0. The van der Waals surface area contributed by atoms with Gasteiger partial charge in [-0.25, -0.2) is 8.42 Å². The number of methoxy groups -OCH3 is 1. The molecule has 0 aliphatic carbocycles. The number of amides is 1. The van der Waals surface area contributed by atoms with Crippen LogP contribution in [0.25, 0.3) is 0 Å². The average Bonchev–Trinajstić information content (AvgIpc) is 2.93. The van der Waals surface area contributed by atoms with E-state index in [9.17, 15) is 13.2 Å². The molecule has 1 amide bonds. The van der Waals surface area contributed by atoms with Gasteiger partial charge in [0.15, 0.2) is 0 Å². The van der Waals surface area contributed by atoms with Gasteiger partial charge in [0.05, 0.1) is 17.7 Å². The predicted octanol–water partition coefficient (Wildman–Crippen LogP) is 5.12. The van der Waals surface area contributed by atoms with Crippen LogP contribution >= 0.6 is 0 Å². The molecule has 0 heterocycles. The summed E-state index contributed by atoms with van der Waals surface area (Å²) in [6, 6.07) is 34.2. The highest BCUT2D eigenvalue weighted by Crippen LogP contribution is 2.32. The number of carbonyl (C=O) groups excluding carboxylic acids is 1. The van der Waals surface area contributed by atoms with Crippen LogP contribution in [0, 0.1) is 0 Å². The third-order valence-electron chi connectivity index (χ3n) is 5.75. The highest BCUT2D eigenvalue weighted by Gasteiger charge is 2.31. The molecule has 0 aliphatic rings. The van der Waals surface area contributed by atoms with Crippen LogP contribution < -0.4 is 9.04 Å². The van der Waals surface area contributed by atoms with E-state index in [4.69, 9.17) is 4.74 Å². The number of hydrogen-bond donors (Lipinski definition) is 0. The van der Waals surface area contributed by atoms with Gasteiger partial charge in [-0.3, -0.25) is 9.10 Å². The lowest BCUT2D eigenvalue weighted by Gasteiger charge is -2.29. The molecule has 4 rings (SSSR count). The van der Waals surface area contributed by atoms with Crippen LogP contribution in [0.5, 0.6) is 5.75 Å². The Morgan fingerprint density at radius 1 is 0.694 bits per heavy atom. The summed E-state index contributed by atoms with van der Waals surface area (Å²) in [5, 5.41) is 0. The van der Waals surface area contributed by atoms with E-state index in [0.717, 1.165) is 15.4 Å². The van der Waals surface area contributed by atoms with Crippen LogP contribution in [-0.2, 0) is 27.9 Å². The summed E-state index contributed by atoms with van der Waals surface area (Å²) in [6.45, 7) is 0.316. The van der Waals surface area contributed by atoms with Gasteiger partial charge in [-0.2, -0.15) is 0 Å². The molecular weight excluding hydrogens is 472 g/mol. The van der Waals surface area contributed by atoms with Crippen LogP contribution in [-0.4, -0.2) is 32.9 Å². The molecule has 0 spiro atoms. The molecule has 0 aliphatic heterocycles. The normalized spacial score (nSPS) is 11.0. The first-order valence-electron chi connectivity index (χ1n) is 11.6. The third kappa shape index (κ3) is 5.93. The number of nitrogens with zero attached hydrogens (tertiary/aromatic N) is 2. The van der Waals surface area contributed by atoms with E-state index in [1.807, 2.05) is 60.7 Å². The van der Waals surface area contributed by atoms with Gasteiger partial charge in [-0.1, -0.05) is 91.0 Å². The fourth-order valence-electron chi connectivity index (χ4n) is 3.92. The lowest BCUT2D eigenvalue weighted by atomic mass is 10.1. The lowest BCUT2D eigenvalue weighted by molar-refractivity contribution is -0.130. The Balaban J connectivity index is 1.72. The van der Waals surface area contributed by atoms with Crippen LogP contribution in [0.2, 0.25) is 0 Å². The Morgan fingerprint density at radius 2 is 1.17 bits per heavy atom. The van der Waals surface area contributed by atoms with Gasteiger partial charge in [0.1, 0.15) is 12.3 Å². The second kappa shape index (κ2) is 11.6. The predicted molar refractivity (Wildman–Crippen MR) is 141 cm³/mol. The van der Waals surface area contributed by atoms with E-state index < -0.39 is 10.0 Å². The van der Waals surface area contributed by atoms with Crippen molar-refractivity contribution in [1.29, 1.82) is 0 Å². The quantitative estimate of drug-likeness (QED) is 0.303. The molecule has 0 atom stereocenters. The first kappa shape index (κ1) is 25.0. The first-order chi connectivity index (χ1) is 17.5. The number of rotatable bonds is 10. The van der Waals surface area contributed by atoms with Crippen molar-refractivity contribution >= 4 is 21.6 Å². The maximum atomic E-state index is 13.8. The summed E-state index contributed by atoms with van der Waals surface area (Å²) in [4.78, 5) is 15.6. The molecule has 4 aromatic carbocycles. The zero-order chi connectivity index (χ0) is 25.4. The van der Waals surface area contributed by atoms with Crippen LogP contribution in [0.3, 0.4) is 0 Å². The summed E-state index contributed by atoms with van der Waals surface area (Å²) in [5.41, 5.74) is 2.21. The molecule has 0 saturated carbocycles. The highest BCUT2D eigenvalue weighted by molar-refractivity contribution is 7.92. The minimum absolute atomic E-state index is 0.0985. The largest absolute Gasteiger partial charge is 0.495 e.